The molecule has 1 heteroatoms. The average Bonchev–Trinajstić information content (AvgIpc) is 2.29. The van der Waals surface area contributed by atoms with Crippen LogP contribution in [0.3, 0.4) is 0 Å². The Morgan fingerprint density at radius 3 is 1.93 bits per heavy atom. The topological polar surface area (TPSA) is 0 Å². The third-order valence-electron chi connectivity index (χ3n) is 2.11. The highest BCUT2D eigenvalue weighted by molar-refractivity contribution is 7.12. The number of rotatable bonds is 1. The summed E-state index contributed by atoms with van der Waals surface area (Å²) in [7, 11) is 0. The molecule has 80 valence electrons. The molecular formula is C13H22S. The molecule has 0 radical (unpaired) electrons. The monoisotopic (exact) mass is 210 g/mol. The molecule has 0 aromatic carbocycles. The molecule has 0 spiro atoms. The van der Waals surface area contributed by atoms with Gasteiger partial charge in [-0.3, -0.25) is 0 Å². The fourth-order valence-electron chi connectivity index (χ4n) is 1.40. The lowest BCUT2D eigenvalue weighted by Gasteiger charge is -2.17. The molecular weight excluding hydrogens is 188 g/mol. The Balaban J connectivity index is 2.79. The van der Waals surface area contributed by atoms with Crippen LogP contribution in [-0.4, -0.2) is 0 Å². The van der Waals surface area contributed by atoms with Crippen LogP contribution >= 0.6 is 11.3 Å². The van der Waals surface area contributed by atoms with Gasteiger partial charge in [-0.25, -0.2) is 0 Å². The van der Waals surface area contributed by atoms with Gasteiger partial charge in [-0.15, -0.1) is 11.3 Å². The van der Waals surface area contributed by atoms with Crippen LogP contribution in [-0.2, 0) is 11.8 Å². The molecule has 0 saturated heterocycles. The zero-order valence-corrected chi connectivity index (χ0v) is 11.1. The van der Waals surface area contributed by atoms with Crippen LogP contribution in [0.2, 0.25) is 0 Å². The average molecular weight is 210 g/mol. The van der Waals surface area contributed by atoms with Gasteiger partial charge >= 0.3 is 0 Å². The lowest BCUT2D eigenvalue weighted by Crippen LogP contribution is -2.09. The molecule has 0 aliphatic rings. The van der Waals surface area contributed by atoms with Gasteiger partial charge in [-0.05, 0) is 29.4 Å². The first-order valence-electron chi connectivity index (χ1n) is 5.28. The molecule has 1 aromatic heterocycles. The van der Waals surface area contributed by atoms with Gasteiger partial charge in [0.15, 0.2) is 0 Å². The molecule has 0 unspecified atom stereocenters. The normalized spacial score (nSPS) is 13.3. The lowest BCUT2D eigenvalue weighted by atomic mass is 9.91. The summed E-state index contributed by atoms with van der Waals surface area (Å²) in [6.45, 7) is 13.7. The van der Waals surface area contributed by atoms with E-state index in [0.29, 0.717) is 10.8 Å². The van der Waals surface area contributed by atoms with Gasteiger partial charge < -0.3 is 0 Å². The van der Waals surface area contributed by atoms with Crippen molar-refractivity contribution in [3.05, 3.63) is 21.9 Å². The Morgan fingerprint density at radius 2 is 1.57 bits per heavy atom. The van der Waals surface area contributed by atoms with Crippen molar-refractivity contribution in [3.8, 4) is 0 Å². The maximum Gasteiger partial charge on any atom is 0.0102 e. The Labute approximate surface area is 92.4 Å². The van der Waals surface area contributed by atoms with Crippen LogP contribution in [0.5, 0.6) is 0 Å². The van der Waals surface area contributed by atoms with Crippen molar-refractivity contribution in [3.63, 3.8) is 0 Å². The van der Waals surface area contributed by atoms with Crippen molar-refractivity contribution in [1.82, 2.24) is 0 Å². The predicted octanol–water partition coefficient (Wildman–Crippen LogP) is 4.63. The Morgan fingerprint density at radius 1 is 1.00 bits per heavy atom. The van der Waals surface area contributed by atoms with Crippen molar-refractivity contribution >= 4 is 11.3 Å². The van der Waals surface area contributed by atoms with E-state index in [0.717, 1.165) is 0 Å². The minimum atomic E-state index is 0.306. The third kappa shape index (κ3) is 3.45. The molecule has 14 heavy (non-hydrogen) atoms. The van der Waals surface area contributed by atoms with E-state index >= 15 is 0 Å². The largest absolute Gasteiger partial charge is 0.145 e. The van der Waals surface area contributed by atoms with Crippen molar-refractivity contribution in [2.24, 2.45) is 5.41 Å². The minimum absolute atomic E-state index is 0.306. The molecule has 1 aromatic rings. The number of hydrogen-bond acceptors (Lipinski definition) is 1. The number of hydrogen-bond donors (Lipinski definition) is 0. The maximum absolute atomic E-state index is 2.30. The van der Waals surface area contributed by atoms with Crippen LogP contribution in [0.1, 0.15) is 51.3 Å². The molecule has 0 aliphatic carbocycles. The summed E-state index contributed by atoms with van der Waals surface area (Å²) in [5.74, 6) is 0. The van der Waals surface area contributed by atoms with Gasteiger partial charge in [0.1, 0.15) is 0 Å². The van der Waals surface area contributed by atoms with E-state index in [1.165, 1.54) is 16.2 Å². The quantitative estimate of drug-likeness (QED) is 0.634. The van der Waals surface area contributed by atoms with Gasteiger partial charge in [-0.1, -0.05) is 41.5 Å². The van der Waals surface area contributed by atoms with E-state index in [2.05, 4.69) is 53.7 Å². The Kier molecular flexibility index (Phi) is 3.10. The molecule has 0 aliphatic heterocycles. The molecule has 1 heterocycles. The van der Waals surface area contributed by atoms with E-state index in [9.17, 15) is 0 Å². The Hall–Kier alpha value is -0.300. The first kappa shape index (κ1) is 11.8. The maximum atomic E-state index is 2.30. The SMILES string of the molecule is CC(C)(C)Cc1ccc(C(C)(C)C)s1. The third-order valence-corrected chi connectivity index (χ3v) is 3.62. The molecule has 0 saturated carbocycles. The number of thiophene rings is 1. The van der Waals surface area contributed by atoms with Crippen molar-refractivity contribution in [2.75, 3.05) is 0 Å². The van der Waals surface area contributed by atoms with Crippen LogP contribution in [0.4, 0.5) is 0 Å². The minimum Gasteiger partial charge on any atom is -0.145 e. The van der Waals surface area contributed by atoms with Gasteiger partial charge in [-0.2, -0.15) is 0 Å². The molecule has 0 amide bonds. The van der Waals surface area contributed by atoms with Crippen molar-refractivity contribution in [2.45, 2.75) is 53.4 Å². The van der Waals surface area contributed by atoms with Crippen LogP contribution < -0.4 is 0 Å². The fourth-order valence-corrected chi connectivity index (χ4v) is 2.76. The van der Waals surface area contributed by atoms with E-state index in [1.54, 1.807) is 0 Å². The molecule has 1 rings (SSSR count). The zero-order chi connectivity index (χ0) is 11.0. The Bertz CT molecular complexity index is 294. The lowest BCUT2D eigenvalue weighted by molar-refractivity contribution is 0.414. The first-order chi connectivity index (χ1) is 6.18. The van der Waals surface area contributed by atoms with E-state index < -0.39 is 0 Å². The summed E-state index contributed by atoms with van der Waals surface area (Å²) in [6, 6.07) is 4.57. The molecule has 0 N–H and O–H groups in total. The summed E-state index contributed by atoms with van der Waals surface area (Å²) in [5.41, 5.74) is 0.709. The van der Waals surface area contributed by atoms with Crippen LogP contribution in [0.25, 0.3) is 0 Å². The highest BCUT2D eigenvalue weighted by atomic mass is 32.1. The van der Waals surface area contributed by atoms with Crippen molar-refractivity contribution < 1.29 is 0 Å². The zero-order valence-electron chi connectivity index (χ0n) is 10.3. The van der Waals surface area contributed by atoms with Crippen molar-refractivity contribution in [1.29, 1.82) is 0 Å². The van der Waals surface area contributed by atoms with Crippen LogP contribution in [0.15, 0.2) is 12.1 Å². The van der Waals surface area contributed by atoms with E-state index in [1.807, 2.05) is 11.3 Å². The molecule has 0 bridgehead atoms. The molecule has 0 atom stereocenters. The summed E-state index contributed by atoms with van der Waals surface area (Å²) >= 11 is 1.97. The van der Waals surface area contributed by atoms with Gasteiger partial charge in [0, 0.05) is 9.75 Å². The highest BCUT2D eigenvalue weighted by Gasteiger charge is 2.18. The standard InChI is InChI=1S/C13H22S/c1-12(2,3)9-10-7-8-11(14-10)13(4,5)6/h7-8H,9H2,1-6H3. The summed E-state index contributed by atoms with van der Waals surface area (Å²) < 4.78 is 0. The second-order valence-corrected chi connectivity index (χ2v) is 7.42. The van der Waals surface area contributed by atoms with E-state index in [-0.39, 0.29) is 0 Å². The van der Waals surface area contributed by atoms with Crippen LogP contribution in [0, 0.1) is 5.41 Å². The second kappa shape index (κ2) is 3.69. The van der Waals surface area contributed by atoms with Gasteiger partial charge in [0.05, 0.1) is 0 Å². The first-order valence-corrected chi connectivity index (χ1v) is 6.09. The summed E-state index contributed by atoms with van der Waals surface area (Å²) in [6.07, 6.45) is 1.19. The predicted molar refractivity (Wildman–Crippen MR) is 66.2 cm³/mol. The summed E-state index contributed by atoms with van der Waals surface area (Å²) in [5, 5.41) is 0. The molecule has 0 nitrogen and oxygen atoms in total. The second-order valence-electron chi connectivity index (χ2n) is 6.25. The van der Waals surface area contributed by atoms with Gasteiger partial charge in [0.25, 0.3) is 0 Å². The van der Waals surface area contributed by atoms with E-state index in [4.69, 9.17) is 0 Å². The highest BCUT2D eigenvalue weighted by Crippen LogP contribution is 2.32. The fraction of sp³-hybridized carbons (Fsp3) is 0.692. The molecule has 0 fully saturated rings. The summed E-state index contributed by atoms with van der Waals surface area (Å²) in [4.78, 5) is 3.01. The van der Waals surface area contributed by atoms with Gasteiger partial charge in [0.2, 0.25) is 0 Å². The smallest absolute Gasteiger partial charge is 0.0102 e.